The maximum absolute atomic E-state index is 12.6. The highest BCUT2D eigenvalue weighted by atomic mass is 32.2. The molecule has 2 fully saturated rings. The van der Waals surface area contributed by atoms with E-state index in [-0.39, 0.29) is 10.8 Å². The van der Waals surface area contributed by atoms with E-state index in [0.717, 1.165) is 25.1 Å². The molecule has 0 bridgehead atoms. The highest BCUT2D eigenvalue weighted by molar-refractivity contribution is 7.90. The number of halogens is 3. The summed E-state index contributed by atoms with van der Waals surface area (Å²) in [5, 5.41) is 13.6. The number of carbonyl (C=O) groups excluding carboxylic acids is 1. The van der Waals surface area contributed by atoms with Gasteiger partial charge in [0.05, 0.1) is 4.90 Å². The van der Waals surface area contributed by atoms with Gasteiger partial charge in [0.25, 0.3) is 5.91 Å². The first kappa shape index (κ1) is 25.7. The molecule has 7 nitrogen and oxygen atoms in total. The van der Waals surface area contributed by atoms with Gasteiger partial charge in [-0.05, 0) is 73.7 Å². The number of aliphatic carboxylic acids is 1. The van der Waals surface area contributed by atoms with E-state index in [1.807, 2.05) is 12.1 Å². The molecule has 2 saturated carbocycles. The van der Waals surface area contributed by atoms with Gasteiger partial charge in [-0.25, -0.2) is 13.2 Å². The van der Waals surface area contributed by atoms with E-state index in [0.29, 0.717) is 23.2 Å². The predicted molar refractivity (Wildman–Crippen MR) is 120 cm³/mol. The number of carbonyl (C=O) groups is 2. The maximum Gasteiger partial charge on any atom is 0.490 e. The third-order valence-corrected chi connectivity index (χ3v) is 6.64. The SMILES string of the molecule is CS(=O)(=O)c1ccc(NC(=O)c2cccc([C@@H]3C[C@H]3NCC3CC3)c2)cc1.O=C(O)C(F)(F)F. The quantitative estimate of drug-likeness (QED) is 0.535. The van der Waals surface area contributed by atoms with Crippen LogP contribution in [0.4, 0.5) is 18.9 Å². The third-order valence-electron chi connectivity index (χ3n) is 5.52. The molecule has 2 atom stereocenters. The molecule has 2 aromatic rings. The Morgan fingerprint density at radius 1 is 1.09 bits per heavy atom. The fourth-order valence-corrected chi connectivity index (χ4v) is 3.96. The number of amides is 1. The number of rotatable bonds is 7. The summed E-state index contributed by atoms with van der Waals surface area (Å²) in [4.78, 5) is 21.7. The van der Waals surface area contributed by atoms with Gasteiger partial charge in [0.2, 0.25) is 0 Å². The van der Waals surface area contributed by atoms with E-state index in [1.165, 1.54) is 30.5 Å². The molecule has 3 N–H and O–H groups in total. The van der Waals surface area contributed by atoms with Crippen LogP contribution in [-0.4, -0.2) is 50.4 Å². The highest BCUT2D eigenvalue weighted by Crippen LogP contribution is 2.41. The molecular weight excluding hydrogens is 473 g/mol. The smallest absolute Gasteiger partial charge is 0.475 e. The molecule has 4 rings (SSSR count). The van der Waals surface area contributed by atoms with Crippen LogP contribution in [0, 0.1) is 5.92 Å². The lowest BCUT2D eigenvalue weighted by Crippen LogP contribution is -2.21. The maximum atomic E-state index is 12.6. The van der Waals surface area contributed by atoms with Crippen LogP contribution >= 0.6 is 0 Å². The first-order valence-corrected chi connectivity index (χ1v) is 12.5. The van der Waals surface area contributed by atoms with Crippen LogP contribution in [0.25, 0.3) is 0 Å². The largest absolute Gasteiger partial charge is 0.490 e. The zero-order valence-corrected chi connectivity index (χ0v) is 19.1. The minimum absolute atomic E-state index is 0.188. The van der Waals surface area contributed by atoms with Crippen LogP contribution in [0.2, 0.25) is 0 Å². The van der Waals surface area contributed by atoms with E-state index in [9.17, 15) is 26.4 Å². The summed E-state index contributed by atoms with van der Waals surface area (Å²) in [6.07, 6.45) is -0.0854. The zero-order chi connectivity index (χ0) is 25.1. The Morgan fingerprint density at radius 2 is 1.71 bits per heavy atom. The van der Waals surface area contributed by atoms with Gasteiger partial charge in [-0.2, -0.15) is 13.2 Å². The lowest BCUT2D eigenvalue weighted by molar-refractivity contribution is -0.192. The Labute approximate surface area is 195 Å². The first-order chi connectivity index (χ1) is 15.8. The molecule has 11 heteroatoms. The van der Waals surface area contributed by atoms with Gasteiger partial charge in [0.1, 0.15) is 0 Å². The second-order valence-electron chi connectivity index (χ2n) is 8.48. The molecule has 2 aromatic carbocycles. The monoisotopic (exact) mass is 498 g/mol. The van der Waals surface area contributed by atoms with E-state index in [2.05, 4.69) is 16.7 Å². The molecule has 0 saturated heterocycles. The van der Waals surface area contributed by atoms with Crippen LogP contribution in [-0.2, 0) is 14.6 Å². The number of hydrogen-bond acceptors (Lipinski definition) is 5. The topological polar surface area (TPSA) is 113 Å². The van der Waals surface area contributed by atoms with Crippen molar-refractivity contribution in [2.45, 2.75) is 42.3 Å². The molecule has 0 spiro atoms. The first-order valence-electron chi connectivity index (χ1n) is 10.6. The molecule has 0 unspecified atom stereocenters. The molecule has 0 aliphatic heterocycles. The van der Waals surface area contributed by atoms with Crippen molar-refractivity contribution < 1.29 is 36.3 Å². The number of hydrogen-bond donors (Lipinski definition) is 3. The fourth-order valence-electron chi connectivity index (χ4n) is 3.33. The second-order valence-corrected chi connectivity index (χ2v) is 10.5. The van der Waals surface area contributed by atoms with Crippen molar-refractivity contribution in [2.75, 3.05) is 18.1 Å². The Kier molecular flexibility index (Phi) is 7.67. The van der Waals surface area contributed by atoms with Crippen molar-refractivity contribution in [2.24, 2.45) is 5.92 Å². The van der Waals surface area contributed by atoms with Crippen molar-refractivity contribution in [3.8, 4) is 0 Å². The summed E-state index contributed by atoms with van der Waals surface area (Å²) >= 11 is 0. The number of anilines is 1. The van der Waals surface area contributed by atoms with Gasteiger partial charge in [0, 0.05) is 29.5 Å². The number of carboxylic acids is 1. The van der Waals surface area contributed by atoms with E-state index in [4.69, 9.17) is 9.90 Å². The average Bonchev–Trinajstić information content (AvgIpc) is 3.67. The van der Waals surface area contributed by atoms with Gasteiger partial charge in [-0.1, -0.05) is 12.1 Å². The Balaban J connectivity index is 0.000000406. The number of benzene rings is 2. The molecule has 1 amide bonds. The van der Waals surface area contributed by atoms with Gasteiger partial charge >= 0.3 is 12.1 Å². The van der Waals surface area contributed by atoms with Crippen molar-refractivity contribution in [3.05, 3.63) is 59.7 Å². The number of carboxylic acid groups (broad SMARTS) is 1. The lowest BCUT2D eigenvalue weighted by Gasteiger charge is -2.08. The standard InChI is InChI=1S/C21H24N2O3S.C2HF3O2/c1-27(25,26)18-9-7-17(8-10-18)23-21(24)16-4-2-3-15(11-16)19-12-20(19)22-13-14-5-6-14;3-2(4,5)1(6)7/h2-4,7-11,14,19-20,22H,5-6,12-13H2,1H3,(H,23,24);(H,6,7)/t19-,20+;/m0./s1. The molecule has 0 aromatic heterocycles. The summed E-state index contributed by atoms with van der Waals surface area (Å²) in [7, 11) is -3.24. The van der Waals surface area contributed by atoms with Crippen LogP contribution in [0.3, 0.4) is 0 Å². The predicted octanol–water partition coefficient (Wildman–Crippen LogP) is 3.83. The number of alkyl halides is 3. The summed E-state index contributed by atoms with van der Waals surface area (Å²) in [5.74, 6) is -1.58. The van der Waals surface area contributed by atoms with Gasteiger partial charge < -0.3 is 15.7 Å². The van der Waals surface area contributed by atoms with Crippen molar-refractivity contribution in [1.29, 1.82) is 0 Å². The Bertz CT molecular complexity index is 1150. The molecular formula is C23H25F3N2O5S. The average molecular weight is 499 g/mol. The Morgan fingerprint density at radius 3 is 2.24 bits per heavy atom. The lowest BCUT2D eigenvalue weighted by atomic mass is 10.1. The van der Waals surface area contributed by atoms with Crippen LogP contribution in [0.1, 0.15) is 41.1 Å². The molecule has 0 radical (unpaired) electrons. The minimum atomic E-state index is -5.08. The van der Waals surface area contributed by atoms with Crippen molar-refractivity contribution >= 4 is 27.4 Å². The summed E-state index contributed by atoms with van der Waals surface area (Å²) < 4.78 is 54.8. The summed E-state index contributed by atoms with van der Waals surface area (Å²) in [6.45, 7) is 1.12. The number of nitrogens with one attached hydrogen (secondary N) is 2. The third kappa shape index (κ3) is 7.56. The molecule has 0 heterocycles. The molecule has 2 aliphatic rings. The van der Waals surface area contributed by atoms with Gasteiger partial charge in [-0.3, -0.25) is 4.79 Å². The van der Waals surface area contributed by atoms with Gasteiger partial charge in [-0.15, -0.1) is 0 Å². The summed E-state index contributed by atoms with van der Waals surface area (Å²) in [5.41, 5.74) is 2.39. The minimum Gasteiger partial charge on any atom is -0.475 e. The summed E-state index contributed by atoms with van der Waals surface area (Å²) in [6, 6.07) is 14.5. The van der Waals surface area contributed by atoms with E-state index >= 15 is 0 Å². The molecule has 34 heavy (non-hydrogen) atoms. The Hall–Kier alpha value is -2.92. The zero-order valence-electron chi connectivity index (χ0n) is 18.3. The van der Waals surface area contributed by atoms with Crippen LogP contribution in [0.5, 0.6) is 0 Å². The fraction of sp³-hybridized carbons (Fsp3) is 0.391. The molecule has 2 aliphatic carbocycles. The highest BCUT2D eigenvalue weighted by Gasteiger charge is 2.39. The van der Waals surface area contributed by atoms with Gasteiger partial charge in [0.15, 0.2) is 9.84 Å². The van der Waals surface area contributed by atoms with E-state index in [1.54, 1.807) is 18.2 Å². The van der Waals surface area contributed by atoms with E-state index < -0.39 is 22.0 Å². The normalized spacial score (nSPS) is 19.5. The van der Waals surface area contributed by atoms with Crippen molar-refractivity contribution in [3.63, 3.8) is 0 Å². The van der Waals surface area contributed by atoms with Crippen molar-refractivity contribution in [1.82, 2.24) is 5.32 Å². The molecule has 184 valence electrons. The number of sulfone groups is 1. The second kappa shape index (κ2) is 10.1. The van der Waals surface area contributed by atoms with Crippen LogP contribution < -0.4 is 10.6 Å². The van der Waals surface area contributed by atoms with Crippen LogP contribution in [0.15, 0.2) is 53.4 Å².